The highest BCUT2D eigenvalue weighted by Crippen LogP contribution is 2.66. The summed E-state index contributed by atoms with van der Waals surface area (Å²) >= 11 is 0. The first-order valence-corrected chi connectivity index (χ1v) is 12.7. The van der Waals surface area contributed by atoms with Crippen molar-refractivity contribution in [3.63, 3.8) is 0 Å². The van der Waals surface area contributed by atoms with E-state index in [-0.39, 0.29) is 23.0 Å². The van der Waals surface area contributed by atoms with Crippen molar-refractivity contribution in [2.45, 2.75) is 111 Å². The van der Waals surface area contributed by atoms with Crippen LogP contribution in [0.25, 0.3) is 0 Å². The number of hydrogen-bond donors (Lipinski definition) is 2. The zero-order chi connectivity index (χ0) is 21.0. The first-order chi connectivity index (χ1) is 13.7. The predicted octanol–water partition coefficient (Wildman–Crippen LogP) is 6.36. The molecule has 3 fully saturated rings. The number of allylic oxidation sites excluding steroid dienone is 1. The monoisotopic (exact) mass is 402 g/mol. The van der Waals surface area contributed by atoms with Crippen LogP contribution in [-0.4, -0.2) is 22.4 Å². The van der Waals surface area contributed by atoms with Crippen LogP contribution in [0.1, 0.15) is 98.8 Å². The minimum atomic E-state index is -0.200. The number of fused-ring (bicyclic) bond motifs is 5. The SMILES string of the molecule is CC(C)CCC[C@@H](C)[C@H]1CC[C@H]2C3=CC[C@H]4C[C@@H](O)CC[C@]4(C)[C@@H]3[C@@H](O)C[C@]12C. The third-order valence-electron chi connectivity index (χ3n) is 10.2. The predicted molar refractivity (Wildman–Crippen MR) is 120 cm³/mol. The standard InChI is InChI=1S/C27H46O2/c1-17(2)7-6-8-18(3)22-11-12-23-21-10-9-19-15-20(28)13-14-26(19,4)25(21)24(29)16-27(22,23)5/h10,17-20,22-25,28-29H,6-9,11-16H2,1-5H3/t18-,19+,20+,22-,23+,24+,25+,26+,27-/m1/s1. The lowest BCUT2D eigenvalue weighted by molar-refractivity contribution is -0.0995. The molecule has 4 aliphatic rings. The number of aliphatic hydroxyl groups is 2. The average molecular weight is 403 g/mol. The minimum Gasteiger partial charge on any atom is -0.393 e. The summed E-state index contributed by atoms with van der Waals surface area (Å²) in [5, 5.41) is 21.8. The van der Waals surface area contributed by atoms with Crippen molar-refractivity contribution in [1.29, 1.82) is 0 Å². The fraction of sp³-hybridized carbons (Fsp3) is 0.926. The first kappa shape index (κ1) is 21.9. The summed E-state index contributed by atoms with van der Waals surface area (Å²) in [6.07, 6.45) is 14.0. The summed E-state index contributed by atoms with van der Waals surface area (Å²) < 4.78 is 0. The Bertz CT molecular complexity index is 624. The van der Waals surface area contributed by atoms with Crippen LogP contribution in [0.5, 0.6) is 0 Å². The highest BCUT2D eigenvalue weighted by molar-refractivity contribution is 5.29. The summed E-state index contributed by atoms with van der Waals surface area (Å²) in [5.41, 5.74) is 2.08. The van der Waals surface area contributed by atoms with Gasteiger partial charge in [0.25, 0.3) is 0 Å². The van der Waals surface area contributed by atoms with E-state index < -0.39 is 0 Å². The third-order valence-corrected chi connectivity index (χ3v) is 10.2. The zero-order valence-corrected chi connectivity index (χ0v) is 19.7. The molecule has 2 nitrogen and oxygen atoms in total. The van der Waals surface area contributed by atoms with Crippen LogP contribution in [0.2, 0.25) is 0 Å². The summed E-state index contributed by atoms with van der Waals surface area (Å²) in [6.45, 7) is 12.1. The second-order valence-corrected chi connectivity index (χ2v) is 12.4. The van der Waals surface area contributed by atoms with E-state index in [0.717, 1.165) is 49.9 Å². The van der Waals surface area contributed by atoms with Gasteiger partial charge in [0.1, 0.15) is 0 Å². The highest BCUT2D eigenvalue weighted by Gasteiger charge is 2.60. The topological polar surface area (TPSA) is 40.5 Å². The van der Waals surface area contributed by atoms with Gasteiger partial charge in [-0.3, -0.25) is 0 Å². The molecule has 2 N–H and O–H groups in total. The van der Waals surface area contributed by atoms with Crippen molar-refractivity contribution >= 4 is 0 Å². The third kappa shape index (κ3) is 3.65. The lowest BCUT2D eigenvalue weighted by Crippen LogP contribution is -2.55. The molecule has 0 saturated heterocycles. The van der Waals surface area contributed by atoms with Crippen molar-refractivity contribution in [3.8, 4) is 0 Å². The Hall–Kier alpha value is -0.340. The van der Waals surface area contributed by atoms with Gasteiger partial charge in [-0.2, -0.15) is 0 Å². The number of aliphatic hydroxyl groups excluding tert-OH is 2. The molecule has 0 aromatic carbocycles. The molecule has 3 saturated carbocycles. The molecule has 0 aromatic heterocycles. The average Bonchev–Trinajstić information content (AvgIpc) is 2.98. The molecule has 4 rings (SSSR count). The van der Waals surface area contributed by atoms with E-state index >= 15 is 0 Å². The maximum absolute atomic E-state index is 11.5. The van der Waals surface area contributed by atoms with Gasteiger partial charge in [0.2, 0.25) is 0 Å². The van der Waals surface area contributed by atoms with Gasteiger partial charge in [-0.15, -0.1) is 0 Å². The molecule has 0 heterocycles. The maximum atomic E-state index is 11.5. The van der Waals surface area contributed by atoms with Crippen molar-refractivity contribution in [2.24, 2.45) is 46.3 Å². The van der Waals surface area contributed by atoms with E-state index in [1.54, 1.807) is 5.57 Å². The Labute approximate surface area is 179 Å². The second kappa shape index (κ2) is 7.97. The van der Waals surface area contributed by atoms with Crippen LogP contribution >= 0.6 is 0 Å². The molecule has 0 unspecified atom stereocenters. The van der Waals surface area contributed by atoms with Gasteiger partial charge in [-0.1, -0.05) is 65.5 Å². The lowest BCUT2D eigenvalue weighted by Gasteiger charge is -2.59. The van der Waals surface area contributed by atoms with Crippen LogP contribution in [0.4, 0.5) is 0 Å². The van der Waals surface area contributed by atoms with Gasteiger partial charge < -0.3 is 10.2 Å². The van der Waals surface area contributed by atoms with E-state index in [2.05, 4.69) is 40.7 Å². The van der Waals surface area contributed by atoms with Crippen molar-refractivity contribution in [3.05, 3.63) is 11.6 Å². The van der Waals surface area contributed by atoms with Gasteiger partial charge >= 0.3 is 0 Å². The molecule has 0 aromatic rings. The Morgan fingerprint density at radius 1 is 1.03 bits per heavy atom. The van der Waals surface area contributed by atoms with Crippen molar-refractivity contribution in [2.75, 3.05) is 0 Å². The quantitative estimate of drug-likeness (QED) is 0.525. The van der Waals surface area contributed by atoms with Gasteiger partial charge in [0.15, 0.2) is 0 Å². The van der Waals surface area contributed by atoms with Gasteiger partial charge in [0, 0.05) is 5.92 Å². The maximum Gasteiger partial charge on any atom is 0.0616 e. The highest BCUT2D eigenvalue weighted by atomic mass is 16.3. The molecule has 0 amide bonds. The van der Waals surface area contributed by atoms with Crippen LogP contribution < -0.4 is 0 Å². The van der Waals surface area contributed by atoms with Crippen LogP contribution in [0.15, 0.2) is 11.6 Å². The molecule has 0 bridgehead atoms. The molecule has 0 radical (unpaired) electrons. The lowest BCUT2D eigenvalue weighted by atomic mass is 9.47. The van der Waals surface area contributed by atoms with Crippen LogP contribution in [-0.2, 0) is 0 Å². The summed E-state index contributed by atoms with van der Waals surface area (Å²) in [5.74, 6) is 3.90. The van der Waals surface area contributed by atoms with E-state index in [1.165, 1.54) is 32.1 Å². The molecule has 9 atom stereocenters. The first-order valence-electron chi connectivity index (χ1n) is 12.7. The Balaban J connectivity index is 1.55. The molecular formula is C27H46O2. The molecule has 166 valence electrons. The van der Waals surface area contributed by atoms with Crippen LogP contribution in [0.3, 0.4) is 0 Å². The van der Waals surface area contributed by atoms with E-state index in [0.29, 0.717) is 17.8 Å². The van der Waals surface area contributed by atoms with Gasteiger partial charge in [-0.05, 0) is 85.4 Å². The Morgan fingerprint density at radius 2 is 1.79 bits per heavy atom. The van der Waals surface area contributed by atoms with E-state index in [9.17, 15) is 10.2 Å². The van der Waals surface area contributed by atoms with Crippen molar-refractivity contribution < 1.29 is 10.2 Å². The molecular weight excluding hydrogens is 356 g/mol. The Morgan fingerprint density at radius 3 is 2.52 bits per heavy atom. The fourth-order valence-corrected chi connectivity index (χ4v) is 8.64. The zero-order valence-electron chi connectivity index (χ0n) is 19.7. The smallest absolute Gasteiger partial charge is 0.0616 e. The summed E-state index contributed by atoms with van der Waals surface area (Å²) in [7, 11) is 0. The van der Waals surface area contributed by atoms with Gasteiger partial charge in [-0.25, -0.2) is 0 Å². The van der Waals surface area contributed by atoms with Crippen LogP contribution in [0, 0.1) is 46.3 Å². The van der Waals surface area contributed by atoms with Gasteiger partial charge in [0.05, 0.1) is 12.2 Å². The molecule has 0 aliphatic heterocycles. The normalized spacial score (nSPS) is 47.9. The molecule has 2 heteroatoms. The largest absolute Gasteiger partial charge is 0.393 e. The summed E-state index contributed by atoms with van der Waals surface area (Å²) in [4.78, 5) is 0. The fourth-order valence-electron chi connectivity index (χ4n) is 8.64. The molecule has 29 heavy (non-hydrogen) atoms. The van der Waals surface area contributed by atoms with Crippen molar-refractivity contribution in [1.82, 2.24) is 0 Å². The second-order valence-electron chi connectivity index (χ2n) is 12.4. The number of hydrogen-bond acceptors (Lipinski definition) is 2. The molecule has 0 spiro atoms. The molecule has 4 aliphatic carbocycles. The number of rotatable bonds is 5. The summed E-state index contributed by atoms with van der Waals surface area (Å²) in [6, 6.07) is 0. The van der Waals surface area contributed by atoms with E-state index in [4.69, 9.17) is 0 Å². The Kier molecular flexibility index (Phi) is 6.01. The minimum absolute atomic E-state index is 0.128. The van der Waals surface area contributed by atoms with E-state index in [1.807, 2.05) is 0 Å².